The van der Waals surface area contributed by atoms with Gasteiger partial charge >= 0.3 is 0 Å². The fourth-order valence-electron chi connectivity index (χ4n) is 5.81. The Morgan fingerprint density at radius 2 is 1.96 bits per heavy atom. The van der Waals surface area contributed by atoms with Gasteiger partial charge in [-0.15, -0.1) is 21.5 Å². The predicted octanol–water partition coefficient (Wildman–Crippen LogP) is 4.05. The number of hydrogen-bond acceptors (Lipinski definition) is 6. The number of rotatable bonds is 7. The van der Waals surface area contributed by atoms with E-state index in [-0.39, 0.29) is 11.3 Å². The highest BCUT2D eigenvalue weighted by atomic mass is 32.2. The van der Waals surface area contributed by atoms with E-state index in [0.29, 0.717) is 17.5 Å². The highest BCUT2D eigenvalue weighted by Gasteiger charge is 2.54. The van der Waals surface area contributed by atoms with Gasteiger partial charge < -0.3 is 9.73 Å². The number of nitrogens with one attached hydrogen (secondary N) is 1. The second-order valence-corrected chi connectivity index (χ2v) is 10.5. The summed E-state index contributed by atoms with van der Waals surface area (Å²) in [5, 5.41) is 14.2. The summed E-state index contributed by atoms with van der Waals surface area (Å²) < 4.78 is 6.04. The van der Waals surface area contributed by atoms with Crippen LogP contribution in [0.2, 0.25) is 0 Å². The van der Waals surface area contributed by atoms with Gasteiger partial charge in [-0.25, -0.2) is 0 Å². The zero-order chi connectivity index (χ0) is 18.3. The van der Waals surface area contributed by atoms with Gasteiger partial charge in [0.25, 0.3) is 5.22 Å². The van der Waals surface area contributed by atoms with Crippen LogP contribution in [-0.2, 0) is 16.6 Å². The smallest absolute Gasteiger partial charge is 0.277 e. The average molecular weight is 404 g/mol. The standard InChI is InChI=1S/C20H25N3O2S2/c24-17(21-4-3-16-2-1-5-26-16)12-27-19-23-22-18(25-19)20-9-13-6-14(10-20)8-15(7-13)11-20/h1-2,5,13-15H,3-4,6-12H2,(H,21,24). The van der Waals surface area contributed by atoms with Crippen molar-refractivity contribution in [1.29, 1.82) is 0 Å². The van der Waals surface area contributed by atoms with E-state index < -0.39 is 0 Å². The molecule has 1 N–H and O–H groups in total. The van der Waals surface area contributed by atoms with E-state index in [2.05, 4.69) is 27.0 Å². The van der Waals surface area contributed by atoms with E-state index >= 15 is 0 Å². The lowest BCUT2D eigenvalue weighted by atomic mass is 9.49. The SMILES string of the molecule is O=C(CSc1nnc(C23CC4CC(CC(C4)C2)C3)o1)NCCc1cccs1. The van der Waals surface area contributed by atoms with Gasteiger partial charge in [0, 0.05) is 16.8 Å². The molecule has 0 aromatic carbocycles. The van der Waals surface area contributed by atoms with Gasteiger partial charge in [-0.2, -0.15) is 0 Å². The summed E-state index contributed by atoms with van der Waals surface area (Å²) in [6, 6.07) is 4.13. The van der Waals surface area contributed by atoms with E-state index in [9.17, 15) is 4.79 Å². The van der Waals surface area contributed by atoms with Gasteiger partial charge in [-0.1, -0.05) is 17.8 Å². The van der Waals surface area contributed by atoms with Crippen LogP contribution in [0, 0.1) is 17.8 Å². The van der Waals surface area contributed by atoms with Gasteiger partial charge in [0.2, 0.25) is 11.8 Å². The van der Waals surface area contributed by atoms with Crippen molar-refractivity contribution in [2.24, 2.45) is 17.8 Å². The van der Waals surface area contributed by atoms with Crippen molar-refractivity contribution in [3.63, 3.8) is 0 Å². The van der Waals surface area contributed by atoms with Crippen LogP contribution >= 0.6 is 23.1 Å². The zero-order valence-electron chi connectivity index (χ0n) is 15.4. The molecular formula is C20H25N3O2S2. The van der Waals surface area contributed by atoms with Crippen LogP contribution in [-0.4, -0.2) is 28.4 Å². The normalized spacial score (nSPS) is 31.3. The van der Waals surface area contributed by atoms with Crippen molar-refractivity contribution < 1.29 is 9.21 Å². The number of carbonyl (C=O) groups is 1. The highest BCUT2D eigenvalue weighted by Crippen LogP contribution is 2.60. The van der Waals surface area contributed by atoms with Crippen LogP contribution in [0.5, 0.6) is 0 Å². The minimum Gasteiger partial charge on any atom is -0.415 e. The lowest BCUT2D eigenvalue weighted by molar-refractivity contribution is -0.118. The first kappa shape index (κ1) is 17.7. The summed E-state index contributed by atoms with van der Waals surface area (Å²) in [6.45, 7) is 0.669. The molecule has 0 saturated heterocycles. The van der Waals surface area contributed by atoms with Crippen molar-refractivity contribution >= 4 is 29.0 Å². The molecular weight excluding hydrogens is 378 g/mol. The molecule has 7 heteroatoms. The van der Waals surface area contributed by atoms with Crippen molar-refractivity contribution in [2.45, 2.75) is 55.6 Å². The quantitative estimate of drug-likeness (QED) is 0.707. The number of amides is 1. The summed E-state index contributed by atoms with van der Waals surface area (Å²) in [5.74, 6) is 3.75. The van der Waals surface area contributed by atoms with Crippen molar-refractivity contribution in [2.75, 3.05) is 12.3 Å². The number of carbonyl (C=O) groups excluding carboxylic acids is 1. The molecule has 0 aliphatic heterocycles. The second kappa shape index (κ2) is 7.24. The predicted molar refractivity (Wildman–Crippen MR) is 106 cm³/mol. The maximum absolute atomic E-state index is 12.1. The third-order valence-corrected chi connectivity index (χ3v) is 8.25. The fourth-order valence-corrected chi connectivity index (χ4v) is 7.12. The first-order valence-corrected chi connectivity index (χ1v) is 11.8. The molecule has 144 valence electrons. The number of hydrogen-bond donors (Lipinski definition) is 1. The van der Waals surface area contributed by atoms with Gasteiger partial charge in [-0.3, -0.25) is 4.79 Å². The highest BCUT2D eigenvalue weighted by molar-refractivity contribution is 7.99. The van der Waals surface area contributed by atoms with Gasteiger partial charge in [0.1, 0.15) is 0 Å². The van der Waals surface area contributed by atoms with Gasteiger partial charge in [-0.05, 0) is 74.1 Å². The lowest BCUT2D eigenvalue weighted by Gasteiger charge is -2.55. The van der Waals surface area contributed by atoms with E-state index in [0.717, 1.165) is 30.1 Å². The van der Waals surface area contributed by atoms with Crippen molar-refractivity contribution in [1.82, 2.24) is 15.5 Å². The van der Waals surface area contributed by atoms with Crippen LogP contribution in [0.15, 0.2) is 27.2 Å². The number of aromatic nitrogens is 2. The maximum Gasteiger partial charge on any atom is 0.277 e. The fraction of sp³-hybridized carbons (Fsp3) is 0.650. The number of nitrogens with zero attached hydrogens (tertiary/aromatic N) is 2. The molecule has 4 fully saturated rings. The molecule has 4 bridgehead atoms. The molecule has 0 radical (unpaired) electrons. The van der Waals surface area contributed by atoms with E-state index in [1.54, 1.807) is 11.3 Å². The van der Waals surface area contributed by atoms with Gasteiger partial charge in [0.15, 0.2) is 0 Å². The first-order chi connectivity index (χ1) is 13.2. The largest absolute Gasteiger partial charge is 0.415 e. The Morgan fingerprint density at radius 3 is 2.63 bits per heavy atom. The molecule has 2 aromatic rings. The summed E-state index contributed by atoms with van der Waals surface area (Å²) in [4.78, 5) is 13.3. The third kappa shape index (κ3) is 3.68. The monoisotopic (exact) mass is 403 g/mol. The topological polar surface area (TPSA) is 68.0 Å². The van der Waals surface area contributed by atoms with Crippen LogP contribution in [0.25, 0.3) is 0 Å². The first-order valence-electron chi connectivity index (χ1n) is 9.94. The summed E-state index contributed by atoms with van der Waals surface area (Å²) in [7, 11) is 0. The van der Waals surface area contributed by atoms with Crippen molar-refractivity contribution in [3.05, 3.63) is 28.3 Å². The summed E-state index contributed by atoms with van der Waals surface area (Å²) >= 11 is 3.07. The van der Waals surface area contributed by atoms with Gasteiger partial charge in [0.05, 0.1) is 5.75 Å². The molecule has 4 aliphatic rings. The second-order valence-electron chi connectivity index (χ2n) is 8.54. The Kier molecular flexibility index (Phi) is 4.76. The Labute approximate surface area is 167 Å². The minimum absolute atomic E-state index is 0.0195. The van der Waals surface area contributed by atoms with Crippen LogP contribution in [0.1, 0.15) is 49.3 Å². The molecule has 6 rings (SSSR count). The molecule has 4 aliphatic carbocycles. The molecule has 27 heavy (non-hydrogen) atoms. The van der Waals surface area contributed by atoms with E-state index in [4.69, 9.17) is 4.42 Å². The zero-order valence-corrected chi connectivity index (χ0v) is 17.0. The molecule has 1 amide bonds. The molecule has 5 nitrogen and oxygen atoms in total. The van der Waals surface area contributed by atoms with Crippen LogP contribution in [0.3, 0.4) is 0 Å². The Morgan fingerprint density at radius 1 is 1.22 bits per heavy atom. The molecule has 0 atom stereocenters. The van der Waals surface area contributed by atoms with Crippen LogP contribution < -0.4 is 5.32 Å². The minimum atomic E-state index is 0.0195. The summed E-state index contributed by atoms with van der Waals surface area (Å²) in [6.07, 6.45) is 8.74. The Bertz CT molecular complexity index is 767. The molecule has 0 spiro atoms. The number of thioether (sulfide) groups is 1. The Balaban J connectivity index is 1.14. The summed E-state index contributed by atoms with van der Waals surface area (Å²) in [5.41, 5.74) is 0.128. The molecule has 4 saturated carbocycles. The Hall–Kier alpha value is -1.34. The van der Waals surface area contributed by atoms with Crippen molar-refractivity contribution in [3.8, 4) is 0 Å². The lowest BCUT2D eigenvalue weighted by Crippen LogP contribution is -2.48. The third-order valence-electron chi connectivity index (χ3n) is 6.50. The molecule has 0 unspecified atom stereocenters. The average Bonchev–Trinajstić information content (AvgIpc) is 3.31. The van der Waals surface area contributed by atoms with E-state index in [1.165, 1.54) is 55.2 Å². The van der Waals surface area contributed by atoms with E-state index in [1.807, 2.05) is 6.07 Å². The molecule has 2 aromatic heterocycles. The molecule has 2 heterocycles. The van der Waals surface area contributed by atoms with Crippen LogP contribution in [0.4, 0.5) is 0 Å². The maximum atomic E-state index is 12.1. The number of thiophene rings is 1.